The minimum Gasteiger partial charge on any atom is -0.353 e. The lowest BCUT2D eigenvalue weighted by molar-refractivity contribution is -0.129. The third-order valence-electron chi connectivity index (χ3n) is 2.95. The van der Waals surface area contributed by atoms with Gasteiger partial charge >= 0.3 is 0 Å². The van der Waals surface area contributed by atoms with Gasteiger partial charge in [0.1, 0.15) is 0 Å². The van der Waals surface area contributed by atoms with Gasteiger partial charge in [-0.15, -0.1) is 10.2 Å². The van der Waals surface area contributed by atoms with Gasteiger partial charge in [-0.1, -0.05) is 23.1 Å². The second-order valence-electron chi connectivity index (χ2n) is 4.72. The van der Waals surface area contributed by atoms with Gasteiger partial charge in [0.15, 0.2) is 4.34 Å². The fourth-order valence-electron chi connectivity index (χ4n) is 1.71. The molecular formula is C11H19N5OS2. The minimum absolute atomic E-state index is 0.194. The predicted octanol–water partition coefficient (Wildman–Crippen LogP) is 0.470. The highest BCUT2D eigenvalue weighted by Crippen LogP contribution is 2.26. The number of anilines is 1. The summed E-state index contributed by atoms with van der Waals surface area (Å²) in [6.45, 7) is 3.57. The number of carbonyl (C=O) groups excluding carboxylic acids is 1. The summed E-state index contributed by atoms with van der Waals surface area (Å²) >= 11 is 2.99. The van der Waals surface area contributed by atoms with Crippen LogP contribution < -0.4 is 4.90 Å². The molecule has 1 aliphatic heterocycles. The van der Waals surface area contributed by atoms with Crippen molar-refractivity contribution in [2.45, 2.75) is 4.34 Å². The third kappa shape index (κ3) is 4.05. The van der Waals surface area contributed by atoms with Crippen LogP contribution in [0.25, 0.3) is 0 Å². The van der Waals surface area contributed by atoms with E-state index in [1.54, 1.807) is 0 Å². The van der Waals surface area contributed by atoms with Gasteiger partial charge in [-0.25, -0.2) is 0 Å². The molecule has 2 heterocycles. The maximum absolute atomic E-state index is 12.1. The summed E-state index contributed by atoms with van der Waals surface area (Å²) in [6.07, 6.45) is 0. The smallest absolute Gasteiger partial charge is 0.233 e. The molecule has 1 aromatic rings. The molecule has 2 rings (SSSR count). The Morgan fingerprint density at radius 2 is 2.00 bits per heavy atom. The zero-order valence-corrected chi connectivity index (χ0v) is 13.1. The van der Waals surface area contributed by atoms with E-state index >= 15 is 0 Å². The average molecular weight is 301 g/mol. The van der Waals surface area contributed by atoms with E-state index in [0.29, 0.717) is 5.75 Å². The van der Waals surface area contributed by atoms with Crippen LogP contribution in [-0.4, -0.2) is 79.0 Å². The molecule has 0 atom stereocenters. The highest BCUT2D eigenvalue weighted by molar-refractivity contribution is 8.01. The zero-order valence-electron chi connectivity index (χ0n) is 11.5. The van der Waals surface area contributed by atoms with E-state index in [4.69, 9.17) is 0 Å². The summed E-state index contributed by atoms with van der Waals surface area (Å²) in [5.74, 6) is 0.644. The largest absolute Gasteiger partial charge is 0.353 e. The van der Waals surface area contributed by atoms with Crippen LogP contribution in [0.5, 0.6) is 0 Å². The first kappa shape index (κ1) is 14.5. The van der Waals surface area contributed by atoms with E-state index in [1.165, 1.54) is 23.1 Å². The number of nitrogens with zero attached hydrogens (tertiary/aromatic N) is 5. The SMILES string of the molecule is CN1CCN(C(=O)CSc2nnc(N(C)C)s2)CC1. The average Bonchev–Trinajstić information content (AvgIpc) is 2.86. The van der Waals surface area contributed by atoms with Crippen molar-refractivity contribution in [3.8, 4) is 0 Å². The lowest BCUT2D eigenvalue weighted by Crippen LogP contribution is -2.47. The molecule has 1 saturated heterocycles. The zero-order chi connectivity index (χ0) is 13.8. The molecule has 1 fully saturated rings. The number of aromatic nitrogens is 2. The van der Waals surface area contributed by atoms with Gasteiger partial charge in [0.05, 0.1) is 5.75 Å². The number of hydrogen-bond donors (Lipinski definition) is 0. The molecule has 0 N–H and O–H groups in total. The molecule has 1 aromatic heterocycles. The normalized spacial score (nSPS) is 16.7. The van der Waals surface area contributed by atoms with Crippen LogP contribution in [-0.2, 0) is 4.79 Å². The van der Waals surface area contributed by atoms with Crippen LogP contribution in [0.4, 0.5) is 5.13 Å². The molecule has 0 aliphatic carbocycles. The summed E-state index contributed by atoms with van der Waals surface area (Å²) in [4.78, 5) is 18.1. The summed E-state index contributed by atoms with van der Waals surface area (Å²) in [5, 5.41) is 9.01. The highest BCUT2D eigenvalue weighted by atomic mass is 32.2. The van der Waals surface area contributed by atoms with Crippen LogP contribution >= 0.6 is 23.1 Å². The van der Waals surface area contributed by atoms with Crippen LogP contribution in [0.1, 0.15) is 0 Å². The lowest BCUT2D eigenvalue weighted by atomic mass is 10.3. The molecular weight excluding hydrogens is 282 g/mol. The molecule has 0 spiro atoms. The van der Waals surface area contributed by atoms with E-state index in [9.17, 15) is 4.79 Å². The van der Waals surface area contributed by atoms with E-state index in [0.717, 1.165) is 35.7 Å². The third-order valence-corrected chi connectivity index (χ3v) is 5.16. The summed E-state index contributed by atoms with van der Waals surface area (Å²) in [7, 11) is 5.95. The number of hydrogen-bond acceptors (Lipinski definition) is 7. The summed E-state index contributed by atoms with van der Waals surface area (Å²) < 4.78 is 0.853. The molecule has 106 valence electrons. The van der Waals surface area contributed by atoms with Crippen molar-refractivity contribution in [2.24, 2.45) is 0 Å². The first-order valence-corrected chi connectivity index (χ1v) is 7.96. The molecule has 8 heteroatoms. The van der Waals surface area contributed by atoms with Crippen molar-refractivity contribution in [1.82, 2.24) is 20.0 Å². The number of likely N-dealkylation sites (N-methyl/N-ethyl adjacent to an activating group) is 1. The second-order valence-corrected chi connectivity index (χ2v) is 6.90. The molecule has 6 nitrogen and oxygen atoms in total. The Morgan fingerprint density at radius 1 is 1.32 bits per heavy atom. The molecule has 0 saturated carbocycles. The van der Waals surface area contributed by atoms with Gasteiger partial charge in [0, 0.05) is 40.3 Å². The van der Waals surface area contributed by atoms with Crippen molar-refractivity contribution in [3.63, 3.8) is 0 Å². The molecule has 19 heavy (non-hydrogen) atoms. The lowest BCUT2D eigenvalue weighted by Gasteiger charge is -2.32. The summed E-state index contributed by atoms with van der Waals surface area (Å²) in [6, 6.07) is 0. The Morgan fingerprint density at radius 3 is 2.58 bits per heavy atom. The minimum atomic E-state index is 0.194. The Labute approximate surface area is 121 Å². The van der Waals surface area contributed by atoms with Gasteiger partial charge in [-0.2, -0.15) is 0 Å². The standard InChI is InChI=1S/C11H19N5OS2/c1-14(2)10-12-13-11(19-10)18-8-9(17)16-6-4-15(3)5-7-16/h4-8H2,1-3H3. The fourth-order valence-corrected chi connectivity index (χ4v) is 3.38. The fraction of sp³-hybridized carbons (Fsp3) is 0.727. The van der Waals surface area contributed by atoms with Crippen LogP contribution in [0, 0.1) is 0 Å². The Balaban J connectivity index is 1.79. The van der Waals surface area contributed by atoms with Crippen molar-refractivity contribution in [2.75, 3.05) is 58.0 Å². The van der Waals surface area contributed by atoms with E-state index in [1.807, 2.05) is 23.9 Å². The first-order valence-electron chi connectivity index (χ1n) is 6.16. The maximum atomic E-state index is 12.1. The Bertz CT molecular complexity index is 428. The van der Waals surface area contributed by atoms with E-state index in [2.05, 4.69) is 22.1 Å². The van der Waals surface area contributed by atoms with Crippen molar-refractivity contribution in [3.05, 3.63) is 0 Å². The molecule has 0 radical (unpaired) electrons. The van der Waals surface area contributed by atoms with Crippen molar-refractivity contribution < 1.29 is 4.79 Å². The van der Waals surface area contributed by atoms with Crippen molar-refractivity contribution in [1.29, 1.82) is 0 Å². The van der Waals surface area contributed by atoms with Gasteiger partial charge in [0.25, 0.3) is 0 Å². The second kappa shape index (κ2) is 6.53. The quantitative estimate of drug-likeness (QED) is 0.754. The van der Waals surface area contributed by atoms with Crippen LogP contribution in [0.2, 0.25) is 0 Å². The summed E-state index contributed by atoms with van der Waals surface area (Å²) in [5.41, 5.74) is 0. The van der Waals surface area contributed by atoms with E-state index < -0.39 is 0 Å². The number of carbonyl (C=O) groups is 1. The Hall–Kier alpha value is -0.860. The van der Waals surface area contributed by atoms with Gasteiger partial charge < -0.3 is 14.7 Å². The molecule has 0 bridgehead atoms. The Kier molecular flexibility index (Phi) is 5.00. The number of amides is 1. The van der Waals surface area contributed by atoms with Gasteiger partial charge in [0.2, 0.25) is 11.0 Å². The first-order chi connectivity index (χ1) is 9.06. The molecule has 0 unspecified atom stereocenters. The van der Waals surface area contributed by atoms with Crippen LogP contribution in [0.3, 0.4) is 0 Å². The van der Waals surface area contributed by atoms with Gasteiger partial charge in [-0.05, 0) is 7.05 Å². The van der Waals surface area contributed by atoms with Gasteiger partial charge in [-0.3, -0.25) is 4.79 Å². The van der Waals surface area contributed by atoms with Crippen molar-refractivity contribution >= 4 is 34.1 Å². The maximum Gasteiger partial charge on any atom is 0.233 e. The molecule has 1 amide bonds. The number of rotatable bonds is 4. The predicted molar refractivity (Wildman–Crippen MR) is 79.0 cm³/mol. The highest BCUT2D eigenvalue weighted by Gasteiger charge is 2.19. The molecule has 1 aliphatic rings. The topological polar surface area (TPSA) is 52.6 Å². The van der Waals surface area contributed by atoms with E-state index in [-0.39, 0.29) is 5.91 Å². The molecule has 0 aromatic carbocycles. The van der Waals surface area contributed by atoms with Crippen LogP contribution in [0.15, 0.2) is 4.34 Å². The number of thioether (sulfide) groups is 1. The monoisotopic (exact) mass is 301 g/mol. The number of piperazine rings is 1.